The summed E-state index contributed by atoms with van der Waals surface area (Å²) in [5.41, 5.74) is 7.15. The zero-order valence-corrected chi connectivity index (χ0v) is 11.2. The van der Waals surface area contributed by atoms with Crippen LogP contribution in [0.1, 0.15) is 25.2 Å². The zero-order chi connectivity index (χ0) is 13.4. The van der Waals surface area contributed by atoms with Crippen LogP contribution >= 0.6 is 0 Å². The number of methoxy groups -OCH3 is 1. The van der Waals surface area contributed by atoms with Gasteiger partial charge in [-0.2, -0.15) is 0 Å². The Morgan fingerprint density at radius 3 is 3.00 bits per heavy atom. The van der Waals surface area contributed by atoms with E-state index in [0.29, 0.717) is 5.92 Å². The predicted molar refractivity (Wildman–Crippen MR) is 72.7 cm³/mol. The highest BCUT2D eigenvalue weighted by molar-refractivity contribution is 5.58. The molecule has 0 aliphatic carbocycles. The maximum Gasteiger partial charge on any atom is 0.164 e. The maximum absolute atomic E-state index is 6.14. The van der Waals surface area contributed by atoms with Crippen molar-refractivity contribution in [2.75, 3.05) is 7.11 Å². The molecule has 2 aromatic rings. The first-order chi connectivity index (χ1) is 9.19. The van der Waals surface area contributed by atoms with Gasteiger partial charge in [0.1, 0.15) is 11.6 Å². The molecule has 2 N–H and O–H groups in total. The van der Waals surface area contributed by atoms with Gasteiger partial charge in [0, 0.05) is 12.1 Å². The third kappa shape index (κ3) is 2.10. The number of hydrogen-bond acceptors (Lipinski definition) is 4. The zero-order valence-electron chi connectivity index (χ0n) is 11.2. The fourth-order valence-electron chi connectivity index (χ4n) is 2.67. The number of hydrogen-bond donors (Lipinski definition) is 1. The van der Waals surface area contributed by atoms with Crippen molar-refractivity contribution >= 4 is 0 Å². The standard InChI is InChI=1S/C14H18N4O/c1-9-6-12(15)14-17-16-13(18(14)8-9)10-4-3-5-11(7-10)19-2/h3-5,7,9,12H,6,8,15H2,1-2H3. The molecule has 1 aromatic heterocycles. The van der Waals surface area contributed by atoms with Gasteiger partial charge in [-0.25, -0.2) is 0 Å². The molecule has 2 heterocycles. The van der Waals surface area contributed by atoms with Crippen molar-refractivity contribution in [1.82, 2.24) is 14.8 Å². The van der Waals surface area contributed by atoms with Gasteiger partial charge in [0.25, 0.3) is 0 Å². The van der Waals surface area contributed by atoms with Crippen LogP contribution in [-0.4, -0.2) is 21.9 Å². The minimum Gasteiger partial charge on any atom is -0.497 e. The number of aromatic nitrogens is 3. The molecule has 1 aliphatic rings. The predicted octanol–water partition coefficient (Wildman–Crippen LogP) is 1.99. The number of nitrogens with zero attached hydrogens (tertiary/aromatic N) is 3. The minimum absolute atomic E-state index is 0.0180. The van der Waals surface area contributed by atoms with Gasteiger partial charge in [0.2, 0.25) is 0 Å². The van der Waals surface area contributed by atoms with E-state index in [1.807, 2.05) is 24.3 Å². The van der Waals surface area contributed by atoms with Crippen molar-refractivity contribution in [3.05, 3.63) is 30.1 Å². The third-order valence-corrected chi connectivity index (χ3v) is 3.59. The average molecular weight is 258 g/mol. The molecule has 0 spiro atoms. The monoisotopic (exact) mass is 258 g/mol. The van der Waals surface area contributed by atoms with Gasteiger partial charge in [-0.15, -0.1) is 10.2 Å². The third-order valence-electron chi connectivity index (χ3n) is 3.59. The smallest absolute Gasteiger partial charge is 0.164 e. The molecule has 0 radical (unpaired) electrons. The molecule has 0 saturated carbocycles. The average Bonchev–Trinajstić information content (AvgIpc) is 2.82. The summed E-state index contributed by atoms with van der Waals surface area (Å²) in [6.07, 6.45) is 0.968. The van der Waals surface area contributed by atoms with E-state index in [1.165, 1.54) is 0 Å². The van der Waals surface area contributed by atoms with Crippen LogP contribution in [0, 0.1) is 5.92 Å². The number of fused-ring (bicyclic) bond motifs is 1. The lowest BCUT2D eigenvalue weighted by molar-refractivity contribution is 0.348. The van der Waals surface area contributed by atoms with Crippen LogP contribution in [0.15, 0.2) is 24.3 Å². The van der Waals surface area contributed by atoms with Crippen LogP contribution < -0.4 is 10.5 Å². The molecule has 1 aliphatic heterocycles. The summed E-state index contributed by atoms with van der Waals surface area (Å²) < 4.78 is 7.39. The molecule has 100 valence electrons. The van der Waals surface area contributed by atoms with Gasteiger partial charge in [-0.3, -0.25) is 0 Å². The number of ether oxygens (including phenoxy) is 1. The van der Waals surface area contributed by atoms with Crippen LogP contribution in [0.3, 0.4) is 0 Å². The SMILES string of the molecule is COc1cccc(-c2nnc3n2CC(C)CC3N)c1. The Morgan fingerprint density at radius 2 is 2.21 bits per heavy atom. The van der Waals surface area contributed by atoms with E-state index in [9.17, 15) is 0 Å². The molecular formula is C14H18N4O. The van der Waals surface area contributed by atoms with Crippen molar-refractivity contribution in [2.24, 2.45) is 11.7 Å². The van der Waals surface area contributed by atoms with Crippen molar-refractivity contribution in [1.29, 1.82) is 0 Å². The van der Waals surface area contributed by atoms with Crippen molar-refractivity contribution < 1.29 is 4.74 Å². The minimum atomic E-state index is -0.0180. The first kappa shape index (κ1) is 12.2. The molecule has 2 atom stereocenters. The van der Waals surface area contributed by atoms with Gasteiger partial charge in [-0.1, -0.05) is 19.1 Å². The Balaban J connectivity index is 2.06. The van der Waals surface area contributed by atoms with Crippen molar-refractivity contribution in [3.63, 3.8) is 0 Å². The van der Waals surface area contributed by atoms with E-state index in [1.54, 1.807) is 7.11 Å². The quantitative estimate of drug-likeness (QED) is 0.894. The van der Waals surface area contributed by atoms with E-state index >= 15 is 0 Å². The van der Waals surface area contributed by atoms with Crippen LogP contribution in [0.5, 0.6) is 5.75 Å². The number of rotatable bonds is 2. The first-order valence-electron chi connectivity index (χ1n) is 6.52. The Bertz CT molecular complexity index is 593. The first-order valence-corrected chi connectivity index (χ1v) is 6.52. The topological polar surface area (TPSA) is 66.0 Å². The van der Waals surface area contributed by atoms with Gasteiger partial charge < -0.3 is 15.0 Å². The van der Waals surface area contributed by atoms with E-state index in [0.717, 1.165) is 35.9 Å². The molecule has 0 bridgehead atoms. The summed E-state index contributed by atoms with van der Waals surface area (Å²) in [4.78, 5) is 0. The molecule has 1 aromatic carbocycles. The molecule has 0 amide bonds. The van der Waals surface area contributed by atoms with Crippen molar-refractivity contribution in [2.45, 2.75) is 25.9 Å². The van der Waals surface area contributed by atoms with Gasteiger partial charge >= 0.3 is 0 Å². The summed E-state index contributed by atoms with van der Waals surface area (Å²) in [6, 6.07) is 7.86. The van der Waals surface area contributed by atoms with Gasteiger partial charge in [0.15, 0.2) is 5.82 Å². The second-order valence-corrected chi connectivity index (χ2v) is 5.17. The van der Waals surface area contributed by atoms with Crippen molar-refractivity contribution in [3.8, 4) is 17.1 Å². The second kappa shape index (κ2) is 4.66. The maximum atomic E-state index is 6.14. The summed E-state index contributed by atoms with van der Waals surface area (Å²) in [6.45, 7) is 3.13. The number of benzene rings is 1. The normalized spacial score (nSPS) is 22.1. The van der Waals surface area contributed by atoms with Gasteiger partial charge in [-0.05, 0) is 24.5 Å². The summed E-state index contributed by atoms with van der Waals surface area (Å²) in [5, 5.41) is 8.56. The van der Waals surface area contributed by atoms with Crippen LogP contribution in [0.25, 0.3) is 11.4 Å². The largest absolute Gasteiger partial charge is 0.497 e. The highest BCUT2D eigenvalue weighted by Gasteiger charge is 2.26. The Labute approximate surface area is 112 Å². The van der Waals surface area contributed by atoms with E-state index < -0.39 is 0 Å². The lowest BCUT2D eigenvalue weighted by Crippen LogP contribution is -2.27. The van der Waals surface area contributed by atoms with Crippen LogP contribution in [0.2, 0.25) is 0 Å². The molecule has 5 nitrogen and oxygen atoms in total. The van der Waals surface area contributed by atoms with E-state index in [2.05, 4.69) is 21.7 Å². The van der Waals surface area contributed by atoms with E-state index in [4.69, 9.17) is 10.5 Å². The molecule has 0 saturated heterocycles. The fourth-order valence-corrected chi connectivity index (χ4v) is 2.67. The number of nitrogens with two attached hydrogens (primary N) is 1. The molecule has 0 fully saturated rings. The Hall–Kier alpha value is -1.88. The highest BCUT2D eigenvalue weighted by Crippen LogP contribution is 2.30. The molecule has 5 heteroatoms. The van der Waals surface area contributed by atoms with Crippen LogP contribution in [-0.2, 0) is 6.54 Å². The Kier molecular flexibility index (Phi) is 2.98. The van der Waals surface area contributed by atoms with Gasteiger partial charge in [0.05, 0.1) is 13.2 Å². The highest BCUT2D eigenvalue weighted by atomic mass is 16.5. The van der Waals surface area contributed by atoms with Crippen LogP contribution in [0.4, 0.5) is 0 Å². The summed E-state index contributed by atoms with van der Waals surface area (Å²) >= 11 is 0. The molecular weight excluding hydrogens is 240 g/mol. The summed E-state index contributed by atoms with van der Waals surface area (Å²) in [7, 11) is 1.66. The Morgan fingerprint density at radius 1 is 1.37 bits per heavy atom. The van der Waals surface area contributed by atoms with E-state index in [-0.39, 0.29) is 6.04 Å². The molecule has 3 rings (SSSR count). The lowest BCUT2D eigenvalue weighted by atomic mass is 9.97. The summed E-state index contributed by atoms with van der Waals surface area (Å²) in [5.74, 6) is 3.12. The second-order valence-electron chi connectivity index (χ2n) is 5.17. The fraction of sp³-hybridized carbons (Fsp3) is 0.429. The lowest BCUT2D eigenvalue weighted by Gasteiger charge is -2.25. The molecule has 19 heavy (non-hydrogen) atoms. The molecule has 2 unspecified atom stereocenters.